The second-order valence-corrected chi connectivity index (χ2v) is 4.71. The Hall–Kier alpha value is -2.99. The molecule has 2 rings (SSSR count). The average molecular weight is 314 g/mol. The number of carbonyl (C=O) groups is 2. The number of hydrogen-bond acceptors (Lipinski definition) is 3. The summed E-state index contributed by atoms with van der Waals surface area (Å²) in [4.78, 5) is 23.1. The second kappa shape index (κ2) is 7.33. The molecular weight excluding hydrogens is 299 g/mol. The number of halogens is 1. The van der Waals surface area contributed by atoms with Crippen molar-refractivity contribution in [1.29, 1.82) is 0 Å². The summed E-state index contributed by atoms with van der Waals surface area (Å²) in [5, 5.41) is 15.0. The monoisotopic (exact) mass is 314 g/mol. The molecule has 118 valence electrons. The molecule has 23 heavy (non-hydrogen) atoms. The predicted octanol–water partition coefficient (Wildman–Crippen LogP) is 2.62. The molecule has 2 aromatic carbocycles. The zero-order valence-electron chi connectivity index (χ0n) is 12.1. The lowest BCUT2D eigenvalue weighted by atomic mass is 10.1. The van der Waals surface area contributed by atoms with Crippen molar-refractivity contribution in [2.24, 2.45) is 0 Å². The van der Waals surface area contributed by atoms with E-state index in [2.05, 4.69) is 17.2 Å². The third-order valence-corrected chi connectivity index (χ3v) is 3.04. The van der Waals surface area contributed by atoms with Gasteiger partial charge in [0.25, 0.3) is 5.91 Å². The van der Waals surface area contributed by atoms with Crippen LogP contribution in [0.15, 0.2) is 61.2 Å². The van der Waals surface area contributed by atoms with Gasteiger partial charge in [-0.05, 0) is 48.0 Å². The minimum absolute atomic E-state index is 0.291. The molecule has 5 nitrogen and oxygen atoms in total. The van der Waals surface area contributed by atoms with E-state index in [0.29, 0.717) is 16.9 Å². The molecule has 0 radical (unpaired) electrons. The second-order valence-electron chi connectivity index (χ2n) is 4.71. The fraction of sp³-hybridized carbons (Fsp3) is 0.0588. The first-order valence-electron chi connectivity index (χ1n) is 6.77. The Bertz CT molecular complexity index is 712. The molecule has 3 N–H and O–H groups in total. The smallest absolute Gasteiger partial charge is 0.257 e. The zero-order valence-corrected chi connectivity index (χ0v) is 12.1. The topological polar surface area (TPSA) is 78.4 Å². The van der Waals surface area contributed by atoms with Crippen molar-refractivity contribution in [1.82, 2.24) is 0 Å². The maximum Gasteiger partial charge on any atom is 0.257 e. The third-order valence-electron chi connectivity index (χ3n) is 3.04. The van der Waals surface area contributed by atoms with Gasteiger partial charge in [-0.15, -0.1) is 0 Å². The first kappa shape index (κ1) is 16.4. The number of amides is 2. The lowest BCUT2D eigenvalue weighted by Crippen LogP contribution is -2.20. The van der Waals surface area contributed by atoms with Crippen LogP contribution in [0.4, 0.5) is 15.8 Å². The van der Waals surface area contributed by atoms with Crippen LogP contribution in [-0.4, -0.2) is 16.9 Å². The molecule has 2 amide bonds. The number of aliphatic hydroxyl groups is 1. The summed E-state index contributed by atoms with van der Waals surface area (Å²) in [6, 6.07) is 11.4. The fourth-order valence-electron chi connectivity index (χ4n) is 1.84. The van der Waals surface area contributed by atoms with Gasteiger partial charge in [-0.2, -0.15) is 0 Å². The highest BCUT2D eigenvalue weighted by molar-refractivity contribution is 5.99. The van der Waals surface area contributed by atoms with Gasteiger partial charge in [0, 0.05) is 11.4 Å². The Morgan fingerprint density at radius 2 is 1.52 bits per heavy atom. The summed E-state index contributed by atoms with van der Waals surface area (Å²) < 4.78 is 12.8. The zero-order chi connectivity index (χ0) is 16.8. The molecule has 0 saturated heterocycles. The molecule has 0 aliphatic heterocycles. The highest BCUT2D eigenvalue weighted by atomic mass is 19.1. The predicted molar refractivity (Wildman–Crippen MR) is 85.3 cm³/mol. The fourth-order valence-corrected chi connectivity index (χ4v) is 1.84. The van der Waals surface area contributed by atoms with Crippen molar-refractivity contribution >= 4 is 23.2 Å². The Morgan fingerprint density at radius 1 is 1.00 bits per heavy atom. The first-order chi connectivity index (χ1) is 11.0. The van der Waals surface area contributed by atoms with Crippen molar-refractivity contribution in [3.8, 4) is 0 Å². The van der Waals surface area contributed by atoms with Gasteiger partial charge in [0.05, 0.1) is 0 Å². The molecule has 0 saturated carbocycles. The summed E-state index contributed by atoms with van der Waals surface area (Å²) in [6.07, 6.45) is -0.259. The van der Waals surface area contributed by atoms with Crippen molar-refractivity contribution in [2.75, 3.05) is 10.6 Å². The maximum absolute atomic E-state index is 12.8. The van der Waals surface area contributed by atoms with Gasteiger partial charge in [-0.1, -0.05) is 18.7 Å². The van der Waals surface area contributed by atoms with Crippen molar-refractivity contribution < 1.29 is 19.1 Å². The molecule has 0 fully saturated rings. The van der Waals surface area contributed by atoms with Gasteiger partial charge < -0.3 is 15.7 Å². The van der Waals surface area contributed by atoms with E-state index >= 15 is 0 Å². The molecule has 2 aromatic rings. The minimum atomic E-state index is -1.41. The largest absolute Gasteiger partial charge is 0.378 e. The van der Waals surface area contributed by atoms with Crippen LogP contribution in [0.1, 0.15) is 11.7 Å². The summed E-state index contributed by atoms with van der Waals surface area (Å²) in [6.45, 7) is 3.35. The summed E-state index contributed by atoms with van der Waals surface area (Å²) in [7, 11) is 0. The van der Waals surface area contributed by atoms with Gasteiger partial charge in [0.1, 0.15) is 5.82 Å². The highest BCUT2D eigenvalue weighted by Crippen LogP contribution is 2.18. The minimum Gasteiger partial charge on any atom is -0.378 e. The van der Waals surface area contributed by atoms with Gasteiger partial charge in [0.2, 0.25) is 5.91 Å². The van der Waals surface area contributed by atoms with Crippen LogP contribution in [0.3, 0.4) is 0 Å². The van der Waals surface area contributed by atoms with Crippen molar-refractivity contribution in [3.63, 3.8) is 0 Å². The SMILES string of the molecule is C=CC(=O)Nc1ccc(NC(=O)[C@@H](O)c2ccc(F)cc2)cc1. The molecule has 0 aliphatic rings. The van der Waals surface area contributed by atoms with E-state index in [1.54, 1.807) is 24.3 Å². The van der Waals surface area contributed by atoms with E-state index in [0.717, 1.165) is 6.08 Å². The normalized spacial score (nSPS) is 11.4. The van der Waals surface area contributed by atoms with Gasteiger partial charge >= 0.3 is 0 Å². The molecule has 0 heterocycles. The number of hydrogen-bond donors (Lipinski definition) is 3. The molecule has 0 aliphatic carbocycles. The van der Waals surface area contributed by atoms with E-state index in [-0.39, 0.29) is 5.91 Å². The molecular formula is C17H15FN2O3. The Balaban J connectivity index is 2.00. The van der Waals surface area contributed by atoms with Crippen LogP contribution in [-0.2, 0) is 9.59 Å². The van der Waals surface area contributed by atoms with Crippen molar-refractivity contribution in [3.05, 3.63) is 72.6 Å². The Kier molecular flexibility index (Phi) is 5.22. The Labute approximate surface area is 132 Å². The van der Waals surface area contributed by atoms with Crippen LogP contribution in [0.25, 0.3) is 0 Å². The number of nitrogens with one attached hydrogen (secondary N) is 2. The summed E-state index contributed by atoms with van der Waals surface area (Å²) in [5.41, 5.74) is 1.29. The van der Waals surface area contributed by atoms with Crippen LogP contribution >= 0.6 is 0 Å². The van der Waals surface area contributed by atoms with Crippen LogP contribution < -0.4 is 10.6 Å². The van der Waals surface area contributed by atoms with E-state index in [1.165, 1.54) is 24.3 Å². The first-order valence-corrected chi connectivity index (χ1v) is 6.77. The van der Waals surface area contributed by atoms with Crippen molar-refractivity contribution in [2.45, 2.75) is 6.10 Å². The lowest BCUT2D eigenvalue weighted by molar-refractivity contribution is -0.124. The van der Waals surface area contributed by atoms with Crippen LogP contribution in [0.5, 0.6) is 0 Å². The number of aliphatic hydroxyl groups excluding tert-OH is 1. The Morgan fingerprint density at radius 3 is 2.04 bits per heavy atom. The molecule has 0 spiro atoms. The molecule has 6 heteroatoms. The van der Waals surface area contributed by atoms with Gasteiger partial charge in [-0.3, -0.25) is 9.59 Å². The molecule has 0 aromatic heterocycles. The summed E-state index contributed by atoms with van der Waals surface area (Å²) >= 11 is 0. The van der Waals surface area contributed by atoms with Crippen LogP contribution in [0, 0.1) is 5.82 Å². The van der Waals surface area contributed by atoms with Gasteiger partial charge in [-0.25, -0.2) is 4.39 Å². The standard InChI is InChI=1S/C17H15FN2O3/c1-2-15(21)19-13-7-9-14(10-8-13)20-17(23)16(22)11-3-5-12(18)6-4-11/h2-10,16,22H,1H2,(H,19,21)(H,20,23)/t16-/m0/s1. The molecule has 1 atom stereocenters. The molecule has 0 unspecified atom stereocenters. The molecule has 0 bridgehead atoms. The number of rotatable bonds is 5. The van der Waals surface area contributed by atoms with E-state index in [4.69, 9.17) is 0 Å². The van der Waals surface area contributed by atoms with E-state index in [9.17, 15) is 19.1 Å². The number of carbonyl (C=O) groups excluding carboxylic acids is 2. The quantitative estimate of drug-likeness (QED) is 0.742. The third kappa shape index (κ3) is 4.49. The maximum atomic E-state index is 12.8. The lowest BCUT2D eigenvalue weighted by Gasteiger charge is -2.12. The highest BCUT2D eigenvalue weighted by Gasteiger charge is 2.17. The van der Waals surface area contributed by atoms with E-state index < -0.39 is 17.8 Å². The summed E-state index contributed by atoms with van der Waals surface area (Å²) in [5.74, 6) is -1.42. The number of benzene rings is 2. The average Bonchev–Trinajstić information content (AvgIpc) is 2.56. The number of anilines is 2. The van der Waals surface area contributed by atoms with Crippen LogP contribution in [0.2, 0.25) is 0 Å². The van der Waals surface area contributed by atoms with E-state index in [1.807, 2.05) is 0 Å². The van der Waals surface area contributed by atoms with Gasteiger partial charge in [0.15, 0.2) is 6.10 Å².